The van der Waals surface area contributed by atoms with Crippen molar-refractivity contribution in [2.45, 2.75) is 19.2 Å². The maximum atomic E-state index is 12.7. The summed E-state index contributed by atoms with van der Waals surface area (Å²) in [6, 6.07) is 17.6. The molecule has 1 aromatic heterocycles. The molecule has 0 saturated carbocycles. The zero-order chi connectivity index (χ0) is 19.7. The molecule has 0 aliphatic carbocycles. The highest BCUT2D eigenvalue weighted by molar-refractivity contribution is 8.00. The Morgan fingerprint density at radius 1 is 1.11 bits per heavy atom. The molecule has 3 aromatic rings. The van der Waals surface area contributed by atoms with Crippen LogP contribution in [0.4, 0.5) is 11.4 Å². The van der Waals surface area contributed by atoms with E-state index in [9.17, 15) is 9.59 Å². The minimum atomic E-state index is -0.117. The number of benzene rings is 2. The van der Waals surface area contributed by atoms with Crippen LogP contribution in [0.25, 0.3) is 0 Å². The van der Waals surface area contributed by atoms with Gasteiger partial charge in [0.15, 0.2) is 0 Å². The summed E-state index contributed by atoms with van der Waals surface area (Å²) in [5.74, 6) is 0.438. The van der Waals surface area contributed by atoms with Crippen LogP contribution in [-0.2, 0) is 4.79 Å². The van der Waals surface area contributed by atoms with Crippen LogP contribution in [0.1, 0.15) is 31.7 Å². The predicted molar refractivity (Wildman–Crippen MR) is 117 cm³/mol. The summed E-state index contributed by atoms with van der Waals surface area (Å²) < 4.78 is 0. The van der Waals surface area contributed by atoms with Crippen LogP contribution in [0, 0.1) is 13.8 Å². The smallest absolute Gasteiger partial charge is 0.265 e. The number of thiophene rings is 1. The second-order valence-corrected chi connectivity index (χ2v) is 8.79. The van der Waals surface area contributed by atoms with E-state index >= 15 is 0 Å². The molecular formula is C22H20N2O2S2. The first kappa shape index (κ1) is 18.8. The van der Waals surface area contributed by atoms with Crippen molar-refractivity contribution in [3.8, 4) is 0 Å². The van der Waals surface area contributed by atoms with E-state index in [0.29, 0.717) is 10.6 Å². The molecule has 1 aliphatic rings. The normalized spacial score (nSPS) is 16.4. The molecular weight excluding hydrogens is 388 g/mol. The van der Waals surface area contributed by atoms with Gasteiger partial charge >= 0.3 is 0 Å². The van der Waals surface area contributed by atoms with Crippen molar-refractivity contribution in [2.75, 3.05) is 16.0 Å². The number of carbonyl (C=O) groups is 2. The Bertz CT molecular complexity index is 1030. The minimum absolute atomic E-state index is 0.104. The van der Waals surface area contributed by atoms with E-state index in [1.165, 1.54) is 16.9 Å². The highest BCUT2D eigenvalue weighted by Gasteiger charge is 2.34. The lowest BCUT2D eigenvalue weighted by Gasteiger charge is -2.26. The summed E-state index contributed by atoms with van der Waals surface area (Å²) in [7, 11) is 0. The first-order valence-corrected chi connectivity index (χ1v) is 10.9. The van der Waals surface area contributed by atoms with Gasteiger partial charge in [-0.15, -0.1) is 23.1 Å². The van der Waals surface area contributed by atoms with Crippen molar-refractivity contribution >= 4 is 46.3 Å². The van der Waals surface area contributed by atoms with Gasteiger partial charge in [0, 0.05) is 11.4 Å². The summed E-state index contributed by atoms with van der Waals surface area (Å²) in [5.41, 5.74) is 4.94. The number of carbonyl (C=O) groups excluding carboxylic acids is 2. The molecule has 1 saturated heterocycles. The van der Waals surface area contributed by atoms with Gasteiger partial charge in [0.2, 0.25) is 5.91 Å². The fourth-order valence-corrected chi connectivity index (χ4v) is 5.15. The highest BCUT2D eigenvalue weighted by atomic mass is 32.2. The van der Waals surface area contributed by atoms with Crippen LogP contribution in [0.3, 0.4) is 0 Å². The van der Waals surface area contributed by atoms with Gasteiger partial charge in [-0.05, 0) is 54.6 Å². The average Bonchev–Trinajstić information content (AvgIpc) is 3.32. The van der Waals surface area contributed by atoms with Gasteiger partial charge in [0.25, 0.3) is 5.91 Å². The number of amides is 2. The molecule has 0 bridgehead atoms. The molecule has 1 N–H and O–H groups in total. The molecule has 0 radical (unpaired) electrons. The Morgan fingerprint density at radius 2 is 1.96 bits per heavy atom. The van der Waals surface area contributed by atoms with E-state index in [1.54, 1.807) is 17.8 Å². The van der Waals surface area contributed by atoms with Gasteiger partial charge in [-0.3, -0.25) is 14.5 Å². The summed E-state index contributed by atoms with van der Waals surface area (Å²) in [6.07, 6.45) is 0. The molecule has 4 nitrogen and oxygen atoms in total. The molecule has 2 aromatic carbocycles. The van der Waals surface area contributed by atoms with Crippen molar-refractivity contribution in [3.63, 3.8) is 0 Å². The lowest BCUT2D eigenvalue weighted by Crippen LogP contribution is -2.28. The lowest BCUT2D eigenvalue weighted by atomic mass is 10.1. The summed E-state index contributed by atoms with van der Waals surface area (Å²) in [4.78, 5) is 27.6. The van der Waals surface area contributed by atoms with Gasteiger partial charge < -0.3 is 5.32 Å². The number of aryl methyl sites for hydroxylation is 2. The van der Waals surface area contributed by atoms with Gasteiger partial charge in [-0.1, -0.05) is 35.9 Å². The first-order chi connectivity index (χ1) is 13.5. The van der Waals surface area contributed by atoms with Crippen LogP contribution in [0.2, 0.25) is 0 Å². The van der Waals surface area contributed by atoms with Crippen molar-refractivity contribution in [2.24, 2.45) is 0 Å². The molecule has 28 heavy (non-hydrogen) atoms. The van der Waals surface area contributed by atoms with E-state index in [4.69, 9.17) is 0 Å². The van der Waals surface area contributed by atoms with Crippen LogP contribution < -0.4 is 10.2 Å². The van der Waals surface area contributed by atoms with Crippen molar-refractivity contribution < 1.29 is 9.59 Å². The van der Waals surface area contributed by atoms with Gasteiger partial charge in [-0.25, -0.2) is 0 Å². The number of nitrogens with zero attached hydrogens (tertiary/aromatic N) is 1. The monoisotopic (exact) mass is 408 g/mol. The Labute approximate surface area is 172 Å². The molecule has 4 rings (SSSR count). The largest absolute Gasteiger partial charge is 0.321 e. The van der Waals surface area contributed by atoms with E-state index in [-0.39, 0.29) is 17.2 Å². The maximum absolute atomic E-state index is 12.7. The maximum Gasteiger partial charge on any atom is 0.265 e. The van der Waals surface area contributed by atoms with Gasteiger partial charge in [0.05, 0.1) is 10.6 Å². The third kappa shape index (κ3) is 3.70. The number of thioether (sulfide) groups is 1. The SMILES string of the molecule is Cc1ccc(N2C(=O)CS[C@@H]2c2cccc(NC(=O)c3cccs3)c2)c(C)c1. The van der Waals surface area contributed by atoms with Crippen molar-refractivity contribution in [3.05, 3.63) is 81.5 Å². The highest BCUT2D eigenvalue weighted by Crippen LogP contribution is 2.43. The summed E-state index contributed by atoms with van der Waals surface area (Å²) in [5, 5.41) is 4.73. The predicted octanol–water partition coefficient (Wildman–Crippen LogP) is 5.40. The molecule has 1 aliphatic heterocycles. The van der Waals surface area contributed by atoms with Gasteiger partial charge in [-0.2, -0.15) is 0 Å². The molecule has 6 heteroatoms. The molecule has 2 heterocycles. The zero-order valence-electron chi connectivity index (χ0n) is 15.6. The van der Waals surface area contributed by atoms with Crippen molar-refractivity contribution in [1.29, 1.82) is 0 Å². The Morgan fingerprint density at radius 3 is 2.71 bits per heavy atom. The standard InChI is InChI=1S/C22H20N2O2S2/c1-14-8-9-18(15(2)11-14)24-20(25)13-28-22(24)16-5-3-6-17(12-16)23-21(26)19-7-4-10-27-19/h3-12,22H,13H2,1-2H3,(H,23,26)/t22-/m1/s1. The minimum Gasteiger partial charge on any atom is -0.321 e. The van der Waals surface area contributed by atoms with E-state index < -0.39 is 0 Å². The Balaban J connectivity index is 1.62. The third-order valence-electron chi connectivity index (χ3n) is 4.65. The lowest BCUT2D eigenvalue weighted by molar-refractivity contribution is -0.115. The molecule has 2 amide bonds. The zero-order valence-corrected chi connectivity index (χ0v) is 17.3. The van der Waals surface area contributed by atoms with Gasteiger partial charge in [0.1, 0.15) is 5.37 Å². The van der Waals surface area contributed by atoms with Crippen LogP contribution in [0.15, 0.2) is 60.0 Å². The van der Waals surface area contributed by atoms with Crippen LogP contribution in [0.5, 0.6) is 0 Å². The Kier molecular flexibility index (Phi) is 5.24. The second kappa shape index (κ2) is 7.81. The fraction of sp³-hybridized carbons (Fsp3) is 0.182. The first-order valence-electron chi connectivity index (χ1n) is 8.98. The third-order valence-corrected chi connectivity index (χ3v) is 6.74. The summed E-state index contributed by atoms with van der Waals surface area (Å²) >= 11 is 3.02. The van der Waals surface area contributed by atoms with Crippen LogP contribution in [-0.4, -0.2) is 17.6 Å². The number of nitrogens with one attached hydrogen (secondary N) is 1. The molecule has 142 valence electrons. The summed E-state index contributed by atoms with van der Waals surface area (Å²) in [6.45, 7) is 4.09. The molecule has 1 fully saturated rings. The molecule has 1 atom stereocenters. The number of hydrogen-bond acceptors (Lipinski definition) is 4. The number of anilines is 2. The number of hydrogen-bond donors (Lipinski definition) is 1. The molecule has 0 spiro atoms. The number of rotatable bonds is 4. The fourth-order valence-electron chi connectivity index (χ4n) is 3.38. The van der Waals surface area contributed by atoms with E-state index in [2.05, 4.69) is 18.3 Å². The Hall–Kier alpha value is -2.57. The second-order valence-electron chi connectivity index (χ2n) is 6.77. The van der Waals surface area contributed by atoms with Crippen molar-refractivity contribution in [1.82, 2.24) is 0 Å². The topological polar surface area (TPSA) is 49.4 Å². The van der Waals surface area contributed by atoms with E-state index in [1.807, 2.05) is 59.7 Å². The average molecular weight is 409 g/mol. The van der Waals surface area contributed by atoms with Crippen LogP contribution >= 0.6 is 23.1 Å². The molecule has 0 unspecified atom stereocenters. The quantitative estimate of drug-likeness (QED) is 0.629. The van der Waals surface area contributed by atoms with E-state index in [0.717, 1.165) is 22.5 Å².